The number of Topliss-reactive ketones (excluding diaryl/α,β-unsaturated/α-hetero) is 1. The van der Waals surface area contributed by atoms with Crippen molar-refractivity contribution in [3.8, 4) is 0 Å². The minimum absolute atomic E-state index is 0.149. The van der Waals surface area contributed by atoms with Crippen molar-refractivity contribution in [1.29, 1.82) is 0 Å². The summed E-state index contributed by atoms with van der Waals surface area (Å²) in [4.78, 5) is 10.8. The minimum Gasteiger partial charge on any atom is -0.375 e. The normalized spacial score (nSPS) is 31.8. The van der Waals surface area contributed by atoms with Gasteiger partial charge in [-0.25, -0.2) is 0 Å². The number of ketones is 1. The van der Waals surface area contributed by atoms with Crippen molar-refractivity contribution in [2.75, 3.05) is 6.61 Å². The Hall–Kier alpha value is -0.370. The number of hydrogen-bond acceptors (Lipinski definition) is 2. The Balaban J connectivity index is 2.43. The fraction of sp³-hybridized carbons (Fsp3) is 0.889. The summed E-state index contributed by atoms with van der Waals surface area (Å²) in [6.07, 6.45) is 3.96. The predicted molar refractivity (Wildman–Crippen MR) is 43.5 cm³/mol. The molecule has 0 bridgehead atoms. The maximum atomic E-state index is 10.8. The minimum atomic E-state index is -0.149. The van der Waals surface area contributed by atoms with E-state index in [1.54, 1.807) is 6.92 Å². The second kappa shape index (κ2) is 3.35. The molecule has 2 heteroatoms. The maximum absolute atomic E-state index is 10.8. The number of carbonyl (C=O) groups is 1. The molecule has 2 nitrogen and oxygen atoms in total. The largest absolute Gasteiger partial charge is 0.375 e. The third-order valence-corrected chi connectivity index (χ3v) is 2.17. The van der Waals surface area contributed by atoms with Gasteiger partial charge in [-0.15, -0.1) is 0 Å². The van der Waals surface area contributed by atoms with E-state index < -0.39 is 0 Å². The Bertz CT molecular complexity index is 146. The van der Waals surface area contributed by atoms with Gasteiger partial charge in [0.25, 0.3) is 0 Å². The average Bonchev–Trinajstić information content (AvgIpc) is 1.85. The summed E-state index contributed by atoms with van der Waals surface area (Å²) in [7, 11) is 0. The van der Waals surface area contributed by atoms with E-state index in [1.165, 1.54) is 6.42 Å². The van der Waals surface area contributed by atoms with Crippen molar-refractivity contribution in [1.82, 2.24) is 0 Å². The van der Waals surface area contributed by atoms with Gasteiger partial charge in [-0.2, -0.15) is 0 Å². The second-order valence-corrected chi connectivity index (χ2v) is 3.63. The fourth-order valence-corrected chi connectivity index (χ4v) is 1.66. The van der Waals surface area contributed by atoms with Crippen LogP contribution in [0.4, 0.5) is 0 Å². The van der Waals surface area contributed by atoms with Crippen molar-refractivity contribution in [2.45, 2.75) is 45.1 Å². The van der Waals surface area contributed by atoms with Crippen LogP contribution in [0.2, 0.25) is 0 Å². The summed E-state index contributed by atoms with van der Waals surface area (Å²) in [5, 5.41) is 0. The third kappa shape index (κ3) is 2.62. The highest BCUT2D eigenvalue weighted by molar-refractivity contribution is 5.76. The van der Waals surface area contributed by atoms with Gasteiger partial charge in [0, 0.05) is 13.0 Å². The van der Waals surface area contributed by atoms with Crippen molar-refractivity contribution in [3.05, 3.63) is 0 Å². The zero-order valence-electron chi connectivity index (χ0n) is 7.35. The first-order valence-corrected chi connectivity index (χ1v) is 4.26. The van der Waals surface area contributed by atoms with Gasteiger partial charge in [-0.3, -0.25) is 4.79 Å². The van der Waals surface area contributed by atoms with Gasteiger partial charge >= 0.3 is 0 Å². The van der Waals surface area contributed by atoms with Crippen LogP contribution < -0.4 is 0 Å². The van der Waals surface area contributed by atoms with Gasteiger partial charge in [-0.1, -0.05) is 0 Å². The molecular formula is C9H16O2. The van der Waals surface area contributed by atoms with Crippen LogP contribution in [0.3, 0.4) is 0 Å². The van der Waals surface area contributed by atoms with Crippen LogP contribution in [-0.2, 0) is 9.53 Å². The molecule has 0 aromatic rings. The first-order valence-electron chi connectivity index (χ1n) is 4.26. The molecule has 64 valence electrons. The van der Waals surface area contributed by atoms with E-state index in [-0.39, 0.29) is 11.4 Å². The second-order valence-electron chi connectivity index (χ2n) is 3.63. The van der Waals surface area contributed by atoms with Gasteiger partial charge in [0.1, 0.15) is 5.78 Å². The van der Waals surface area contributed by atoms with Crippen LogP contribution >= 0.6 is 0 Å². The Morgan fingerprint density at radius 3 is 2.73 bits per heavy atom. The van der Waals surface area contributed by atoms with Crippen molar-refractivity contribution < 1.29 is 9.53 Å². The molecule has 1 saturated heterocycles. The van der Waals surface area contributed by atoms with E-state index in [0.717, 1.165) is 19.4 Å². The zero-order valence-corrected chi connectivity index (χ0v) is 7.35. The standard InChI is InChI=1S/C9H16O2/c1-8(10)7-9(2)5-3-4-6-11-9/h3-7H2,1-2H3. The van der Waals surface area contributed by atoms with Gasteiger partial charge in [0.15, 0.2) is 0 Å². The highest BCUT2D eigenvalue weighted by atomic mass is 16.5. The molecule has 11 heavy (non-hydrogen) atoms. The molecule has 1 unspecified atom stereocenters. The highest BCUT2D eigenvalue weighted by Crippen LogP contribution is 2.27. The van der Waals surface area contributed by atoms with Crippen molar-refractivity contribution in [3.63, 3.8) is 0 Å². The maximum Gasteiger partial charge on any atom is 0.132 e. The van der Waals surface area contributed by atoms with Crippen LogP contribution in [0.25, 0.3) is 0 Å². The summed E-state index contributed by atoms with van der Waals surface area (Å²) in [5.74, 6) is 0.231. The lowest BCUT2D eigenvalue weighted by atomic mass is 9.91. The SMILES string of the molecule is CC(=O)CC1(C)CCCCO1. The molecule has 0 saturated carbocycles. The Labute approximate surface area is 67.9 Å². The summed E-state index contributed by atoms with van der Waals surface area (Å²) in [6.45, 7) is 4.49. The molecule has 0 N–H and O–H groups in total. The predicted octanol–water partition coefficient (Wildman–Crippen LogP) is 1.92. The topological polar surface area (TPSA) is 26.3 Å². The van der Waals surface area contributed by atoms with Crippen LogP contribution in [-0.4, -0.2) is 18.0 Å². The lowest BCUT2D eigenvalue weighted by Crippen LogP contribution is -2.34. The first kappa shape index (κ1) is 8.72. The van der Waals surface area contributed by atoms with Crippen LogP contribution in [0.15, 0.2) is 0 Å². The molecule has 1 aliphatic rings. The van der Waals surface area contributed by atoms with Crippen LogP contribution in [0.5, 0.6) is 0 Å². The van der Waals surface area contributed by atoms with Crippen LogP contribution in [0.1, 0.15) is 39.5 Å². The third-order valence-electron chi connectivity index (χ3n) is 2.17. The number of carbonyl (C=O) groups excluding carboxylic acids is 1. The van der Waals surface area contributed by atoms with Gasteiger partial charge in [0.2, 0.25) is 0 Å². The lowest BCUT2D eigenvalue weighted by molar-refractivity contribution is -0.127. The van der Waals surface area contributed by atoms with Crippen LogP contribution in [0, 0.1) is 0 Å². The summed E-state index contributed by atoms with van der Waals surface area (Å²) >= 11 is 0. The Morgan fingerprint density at radius 1 is 1.55 bits per heavy atom. The molecule has 0 radical (unpaired) electrons. The monoisotopic (exact) mass is 156 g/mol. The molecule has 1 fully saturated rings. The fourth-order valence-electron chi connectivity index (χ4n) is 1.66. The number of hydrogen-bond donors (Lipinski definition) is 0. The number of rotatable bonds is 2. The molecule has 1 heterocycles. The van der Waals surface area contributed by atoms with E-state index in [4.69, 9.17) is 4.74 Å². The van der Waals surface area contributed by atoms with E-state index in [0.29, 0.717) is 6.42 Å². The highest BCUT2D eigenvalue weighted by Gasteiger charge is 2.28. The van der Waals surface area contributed by atoms with E-state index in [1.807, 2.05) is 6.92 Å². The zero-order chi connectivity index (χ0) is 8.32. The molecule has 0 aromatic carbocycles. The molecule has 0 aliphatic carbocycles. The van der Waals surface area contributed by atoms with Gasteiger partial charge in [-0.05, 0) is 33.1 Å². The van der Waals surface area contributed by atoms with E-state index in [2.05, 4.69) is 0 Å². The average molecular weight is 156 g/mol. The van der Waals surface area contributed by atoms with Gasteiger partial charge in [0.05, 0.1) is 5.60 Å². The van der Waals surface area contributed by atoms with E-state index in [9.17, 15) is 4.79 Å². The smallest absolute Gasteiger partial charge is 0.132 e. The van der Waals surface area contributed by atoms with Gasteiger partial charge < -0.3 is 4.74 Å². The first-order chi connectivity index (χ1) is 5.12. The Morgan fingerprint density at radius 2 is 2.27 bits per heavy atom. The summed E-state index contributed by atoms with van der Waals surface area (Å²) in [5.41, 5.74) is -0.149. The molecular weight excluding hydrogens is 140 g/mol. The quantitative estimate of drug-likeness (QED) is 0.610. The number of ether oxygens (including phenoxy) is 1. The van der Waals surface area contributed by atoms with E-state index >= 15 is 0 Å². The molecule has 0 aromatic heterocycles. The molecule has 0 spiro atoms. The molecule has 1 atom stereocenters. The lowest BCUT2D eigenvalue weighted by Gasteiger charge is -2.32. The molecule has 1 rings (SSSR count). The molecule has 0 amide bonds. The Kier molecular flexibility index (Phi) is 2.66. The van der Waals surface area contributed by atoms with Crippen molar-refractivity contribution in [2.24, 2.45) is 0 Å². The summed E-state index contributed by atoms with van der Waals surface area (Å²) in [6, 6.07) is 0. The van der Waals surface area contributed by atoms with Crippen molar-refractivity contribution >= 4 is 5.78 Å². The summed E-state index contributed by atoms with van der Waals surface area (Å²) < 4.78 is 5.56. The molecule has 1 aliphatic heterocycles.